The number of amides is 1. The zero-order valence-corrected chi connectivity index (χ0v) is 7.70. The molecular weight excluding hydrogens is 185 g/mol. The van der Waals surface area contributed by atoms with E-state index in [4.69, 9.17) is 10.5 Å². The van der Waals surface area contributed by atoms with Crippen LogP contribution in [0.15, 0.2) is 24.3 Å². The maximum absolute atomic E-state index is 11.7. The molecule has 3 nitrogen and oxygen atoms in total. The van der Waals surface area contributed by atoms with E-state index in [-0.39, 0.29) is 6.61 Å². The van der Waals surface area contributed by atoms with Gasteiger partial charge < -0.3 is 10.5 Å². The van der Waals surface area contributed by atoms with Crippen LogP contribution in [0.1, 0.15) is 15.9 Å². The number of nitrogens with two attached hydrogens (primary N) is 1. The second-order valence-electron chi connectivity index (χ2n) is 2.80. The summed E-state index contributed by atoms with van der Waals surface area (Å²) in [4.78, 5) is 10.7. The Labute approximate surface area is 81.7 Å². The van der Waals surface area contributed by atoms with Gasteiger partial charge in [0.25, 0.3) is 0 Å². The minimum Gasteiger partial charge on any atom is -0.374 e. The van der Waals surface area contributed by atoms with Gasteiger partial charge in [0, 0.05) is 5.56 Å². The summed E-state index contributed by atoms with van der Waals surface area (Å²) in [6, 6.07) is 6.71. The fourth-order valence-electron chi connectivity index (χ4n) is 1.01. The van der Waals surface area contributed by atoms with Crippen LogP contribution in [-0.2, 0) is 11.3 Å². The Hall–Kier alpha value is -1.42. The van der Waals surface area contributed by atoms with E-state index >= 15 is 0 Å². The standard InChI is InChI=1S/C10H12FNO2/c11-5-6-14-7-8-1-3-9(4-2-8)10(12)13/h1-4H,5-7H2,(H2,12,13). The summed E-state index contributed by atoms with van der Waals surface area (Å²) in [7, 11) is 0. The fraction of sp³-hybridized carbons (Fsp3) is 0.300. The monoisotopic (exact) mass is 197 g/mol. The van der Waals surface area contributed by atoms with Crippen molar-refractivity contribution in [3.05, 3.63) is 35.4 Å². The molecule has 0 spiro atoms. The van der Waals surface area contributed by atoms with Gasteiger partial charge >= 0.3 is 0 Å². The second-order valence-corrected chi connectivity index (χ2v) is 2.80. The summed E-state index contributed by atoms with van der Waals surface area (Å²) < 4.78 is 16.7. The first-order chi connectivity index (χ1) is 6.74. The molecule has 0 atom stereocenters. The quantitative estimate of drug-likeness (QED) is 0.723. The summed E-state index contributed by atoms with van der Waals surface area (Å²) in [6.45, 7) is -0.0418. The van der Waals surface area contributed by atoms with Gasteiger partial charge in [0.05, 0.1) is 13.2 Å². The van der Waals surface area contributed by atoms with Crippen molar-refractivity contribution in [2.45, 2.75) is 6.61 Å². The van der Waals surface area contributed by atoms with Crippen LogP contribution in [0, 0.1) is 0 Å². The van der Waals surface area contributed by atoms with Gasteiger partial charge in [-0.25, -0.2) is 4.39 Å². The number of halogens is 1. The molecule has 0 aliphatic heterocycles. The highest BCUT2D eigenvalue weighted by Crippen LogP contribution is 2.05. The van der Waals surface area contributed by atoms with Crippen LogP contribution in [0.5, 0.6) is 0 Å². The molecule has 1 aromatic rings. The first-order valence-electron chi connectivity index (χ1n) is 4.26. The predicted molar refractivity (Wildman–Crippen MR) is 50.6 cm³/mol. The minimum atomic E-state index is -0.487. The predicted octanol–water partition coefficient (Wildman–Crippen LogP) is 1.27. The lowest BCUT2D eigenvalue weighted by Gasteiger charge is -2.02. The number of benzene rings is 1. The van der Waals surface area contributed by atoms with E-state index in [1.807, 2.05) is 0 Å². The Morgan fingerprint density at radius 1 is 1.36 bits per heavy atom. The summed E-state index contributed by atoms with van der Waals surface area (Å²) in [5.41, 5.74) is 6.42. The van der Waals surface area contributed by atoms with Crippen molar-refractivity contribution in [2.24, 2.45) is 5.73 Å². The third kappa shape index (κ3) is 3.14. The highest BCUT2D eigenvalue weighted by Gasteiger charge is 1.99. The van der Waals surface area contributed by atoms with Crippen LogP contribution < -0.4 is 5.73 Å². The Balaban J connectivity index is 2.51. The van der Waals surface area contributed by atoms with Crippen molar-refractivity contribution >= 4 is 5.91 Å². The number of carbonyl (C=O) groups excluding carboxylic acids is 1. The Morgan fingerprint density at radius 3 is 2.50 bits per heavy atom. The first-order valence-corrected chi connectivity index (χ1v) is 4.26. The molecule has 0 aliphatic carbocycles. The van der Waals surface area contributed by atoms with Crippen molar-refractivity contribution in [1.82, 2.24) is 0 Å². The lowest BCUT2D eigenvalue weighted by atomic mass is 10.1. The normalized spacial score (nSPS) is 10.1. The number of ether oxygens (including phenoxy) is 1. The maximum Gasteiger partial charge on any atom is 0.248 e. The molecule has 4 heteroatoms. The Bertz CT molecular complexity index is 297. The van der Waals surface area contributed by atoms with E-state index in [1.54, 1.807) is 24.3 Å². The van der Waals surface area contributed by atoms with Crippen molar-refractivity contribution in [3.8, 4) is 0 Å². The van der Waals surface area contributed by atoms with E-state index in [1.165, 1.54) is 0 Å². The van der Waals surface area contributed by atoms with Crippen LogP contribution >= 0.6 is 0 Å². The van der Waals surface area contributed by atoms with Gasteiger partial charge in [-0.05, 0) is 17.7 Å². The molecule has 0 aromatic heterocycles. The number of carbonyl (C=O) groups is 1. The highest BCUT2D eigenvalue weighted by molar-refractivity contribution is 5.92. The van der Waals surface area contributed by atoms with Gasteiger partial charge in [-0.15, -0.1) is 0 Å². The van der Waals surface area contributed by atoms with Gasteiger partial charge in [0.2, 0.25) is 5.91 Å². The van der Waals surface area contributed by atoms with Crippen LogP contribution in [-0.4, -0.2) is 19.2 Å². The van der Waals surface area contributed by atoms with E-state index < -0.39 is 12.6 Å². The van der Waals surface area contributed by atoms with E-state index in [0.29, 0.717) is 12.2 Å². The molecule has 0 aliphatic rings. The molecule has 14 heavy (non-hydrogen) atoms. The van der Waals surface area contributed by atoms with Crippen molar-refractivity contribution in [1.29, 1.82) is 0 Å². The SMILES string of the molecule is NC(=O)c1ccc(COCCF)cc1. The fourth-order valence-corrected chi connectivity index (χ4v) is 1.01. The number of primary amides is 1. The molecule has 0 bridgehead atoms. The third-order valence-electron chi connectivity index (χ3n) is 1.73. The maximum atomic E-state index is 11.7. The molecule has 76 valence electrons. The van der Waals surface area contributed by atoms with Crippen LogP contribution in [0.25, 0.3) is 0 Å². The highest BCUT2D eigenvalue weighted by atomic mass is 19.1. The summed E-state index contributed by atoms with van der Waals surface area (Å²) in [5.74, 6) is -0.457. The number of hydrogen-bond acceptors (Lipinski definition) is 2. The molecule has 1 amide bonds. The molecule has 0 saturated heterocycles. The Morgan fingerprint density at radius 2 is 2.00 bits per heavy atom. The average molecular weight is 197 g/mol. The largest absolute Gasteiger partial charge is 0.374 e. The summed E-state index contributed by atoms with van der Waals surface area (Å²) in [6.07, 6.45) is 0. The third-order valence-corrected chi connectivity index (χ3v) is 1.73. The van der Waals surface area contributed by atoms with Crippen molar-refractivity contribution < 1.29 is 13.9 Å². The van der Waals surface area contributed by atoms with E-state index in [9.17, 15) is 9.18 Å². The van der Waals surface area contributed by atoms with Crippen molar-refractivity contribution in [2.75, 3.05) is 13.3 Å². The van der Waals surface area contributed by atoms with E-state index in [0.717, 1.165) is 5.56 Å². The van der Waals surface area contributed by atoms with Crippen LogP contribution in [0.4, 0.5) is 4.39 Å². The number of rotatable bonds is 5. The summed E-state index contributed by atoms with van der Waals surface area (Å²) >= 11 is 0. The minimum absolute atomic E-state index is 0.0948. The first kappa shape index (κ1) is 10.7. The Kier molecular flexibility index (Phi) is 4.07. The molecular formula is C10H12FNO2. The number of alkyl halides is 1. The van der Waals surface area contributed by atoms with Crippen LogP contribution in [0.2, 0.25) is 0 Å². The van der Waals surface area contributed by atoms with Gasteiger partial charge in [-0.3, -0.25) is 4.79 Å². The molecule has 0 radical (unpaired) electrons. The summed E-state index contributed by atoms with van der Waals surface area (Å²) in [5, 5.41) is 0. The molecule has 0 heterocycles. The van der Waals surface area contributed by atoms with E-state index in [2.05, 4.69) is 0 Å². The van der Waals surface area contributed by atoms with Crippen LogP contribution in [0.3, 0.4) is 0 Å². The zero-order chi connectivity index (χ0) is 10.4. The molecule has 1 rings (SSSR count). The van der Waals surface area contributed by atoms with Gasteiger partial charge in [0.15, 0.2) is 0 Å². The van der Waals surface area contributed by atoms with Crippen molar-refractivity contribution in [3.63, 3.8) is 0 Å². The molecule has 0 saturated carbocycles. The lowest BCUT2D eigenvalue weighted by Crippen LogP contribution is -2.10. The second kappa shape index (κ2) is 5.34. The van der Waals surface area contributed by atoms with Gasteiger partial charge in [-0.2, -0.15) is 0 Å². The lowest BCUT2D eigenvalue weighted by molar-refractivity contribution is 0.0999. The molecule has 2 N–H and O–H groups in total. The number of hydrogen-bond donors (Lipinski definition) is 1. The zero-order valence-electron chi connectivity index (χ0n) is 7.70. The van der Waals surface area contributed by atoms with Gasteiger partial charge in [-0.1, -0.05) is 12.1 Å². The topological polar surface area (TPSA) is 52.3 Å². The average Bonchev–Trinajstić information content (AvgIpc) is 2.19. The molecule has 1 aromatic carbocycles. The smallest absolute Gasteiger partial charge is 0.248 e. The molecule has 0 fully saturated rings. The van der Waals surface area contributed by atoms with Gasteiger partial charge in [0.1, 0.15) is 6.67 Å². The molecule has 0 unspecified atom stereocenters.